The molecular formula is C13H20N2S. The van der Waals surface area contributed by atoms with Crippen LogP contribution in [0.1, 0.15) is 33.1 Å². The van der Waals surface area contributed by atoms with Crippen molar-refractivity contribution in [2.24, 2.45) is 28.7 Å². The maximum atomic E-state index is 4.98. The Labute approximate surface area is 102 Å². The molecule has 0 aromatic rings. The van der Waals surface area contributed by atoms with Crippen LogP contribution in [0.4, 0.5) is 0 Å². The molecule has 4 unspecified atom stereocenters. The van der Waals surface area contributed by atoms with Gasteiger partial charge in [0, 0.05) is 11.3 Å². The summed E-state index contributed by atoms with van der Waals surface area (Å²) in [5, 5.41) is 4.78. The van der Waals surface area contributed by atoms with E-state index in [9.17, 15) is 0 Å². The highest BCUT2D eigenvalue weighted by atomic mass is 32.2. The summed E-state index contributed by atoms with van der Waals surface area (Å²) in [6, 6.07) is 0.704. The number of rotatable bonds is 1. The second-order valence-corrected chi connectivity index (χ2v) is 7.67. The van der Waals surface area contributed by atoms with Crippen molar-refractivity contribution in [3.8, 4) is 0 Å². The van der Waals surface area contributed by atoms with Gasteiger partial charge in [0.15, 0.2) is 5.17 Å². The molecule has 16 heavy (non-hydrogen) atoms. The van der Waals surface area contributed by atoms with Gasteiger partial charge in [-0.1, -0.05) is 11.8 Å². The molecule has 1 N–H and O–H groups in total. The van der Waals surface area contributed by atoms with Gasteiger partial charge in [-0.25, -0.2) is 0 Å². The summed E-state index contributed by atoms with van der Waals surface area (Å²) in [5.41, 5.74) is 0.256. The normalized spacial score (nSPS) is 54.1. The Morgan fingerprint density at radius 1 is 1.25 bits per heavy atom. The van der Waals surface area contributed by atoms with E-state index in [0.717, 1.165) is 23.7 Å². The molecule has 4 atom stereocenters. The van der Waals surface area contributed by atoms with E-state index in [1.54, 1.807) is 0 Å². The Balaban J connectivity index is 1.49. The van der Waals surface area contributed by atoms with E-state index in [2.05, 4.69) is 19.2 Å². The lowest BCUT2D eigenvalue weighted by Crippen LogP contribution is -2.37. The number of nitrogens with one attached hydrogen (secondary N) is 1. The molecule has 1 aliphatic heterocycles. The van der Waals surface area contributed by atoms with Crippen LogP contribution in [0.2, 0.25) is 0 Å². The Kier molecular flexibility index (Phi) is 1.83. The molecule has 3 aliphatic carbocycles. The second kappa shape index (κ2) is 2.98. The number of fused-ring (bicyclic) bond motifs is 5. The van der Waals surface area contributed by atoms with Gasteiger partial charge in [0.2, 0.25) is 0 Å². The maximum Gasteiger partial charge on any atom is 0.157 e. The van der Waals surface area contributed by atoms with Gasteiger partial charge in [0.05, 0.1) is 6.04 Å². The standard InChI is InChI=1S/C13H20N2S/c1-13(2)6-16-12(15-13)14-11-9-7-3-4-8(5-7)10(9)11/h7-11H,3-6H2,1-2H3,(H,14,15). The van der Waals surface area contributed by atoms with Gasteiger partial charge in [-0.05, 0) is 56.8 Å². The summed E-state index contributed by atoms with van der Waals surface area (Å²) >= 11 is 1.92. The van der Waals surface area contributed by atoms with Crippen LogP contribution in [0.3, 0.4) is 0 Å². The zero-order valence-electron chi connectivity index (χ0n) is 10.1. The van der Waals surface area contributed by atoms with Gasteiger partial charge in [-0.3, -0.25) is 4.99 Å². The number of thioether (sulfide) groups is 1. The minimum Gasteiger partial charge on any atom is -0.359 e. The van der Waals surface area contributed by atoms with E-state index in [0.29, 0.717) is 6.04 Å². The number of nitrogens with zero attached hydrogens (tertiary/aromatic N) is 1. The molecule has 1 saturated heterocycles. The summed E-state index contributed by atoms with van der Waals surface area (Å²) in [7, 11) is 0. The highest BCUT2D eigenvalue weighted by Gasteiger charge is 2.65. The molecule has 88 valence electrons. The molecule has 0 radical (unpaired) electrons. The lowest BCUT2D eigenvalue weighted by atomic mass is 10.0. The Bertz CT molecular complexity index is 347. The molecule has 2 bridgehead atoms. The van der Waals surface area contributed by atoms with Crippen molar-refractivity contribution >= 4 is 16.9 Å². The molecule has 0 aromatic heterocycles. The van der Waals surface area contributed by atoms with Crippen LogP contribution < -0.4 is 5.32 Å². The van der Waals surface area contributed by atoms with Crippen LogP contribution in [-0.2, 0) is 0 Å². The molecule has 2 nitrogen and oxygen atoms in total. The molecule has 3 saturated carbocycles. The lowest BCUT2D eigenvalue weighted by Gasteiger charge is -2.16. The highest BCUT2D eigenvalue weighted by Crippen LogP contribution is 2.67. The minimum atomic E-state index is 0.256. The summed E-state index contributed by atoms with van der Waals surface area (Å²) in [5.74, 6) is 5.23. The van der Waals surface area contributed by atoms with Crippen molar-refractivity contribution in [3.05, 3.63) is 0 Å². The van der Waals surface area contributed by atoms with E-state index >= 15 is 0 Å². The van der Waals surface area contributed by atoms with Crippen molar-refractivity contribution in [1.29, 1.82) is 0 Å². The third-order valence-corrected chi connectivity index (χ3v) is 6.32. The lowest BCUT2D eigenvalue weighted by molar-refractivity contribution is 0.456. The third-order valence-electron chi connectivity index (χ3n) is 4.98. The zero-order valence-corrected chi connectivity index (χ0v) is 10.9. The van der Waals surface area contributed by atoms with Gasteiger partial charge in [-0.2, -0.15) is 0 Å². The molecule has 0 aromatic carbocycles. The fourth-order valence-electron chi connectivity index (χ4n) is 4.27. The van der Waals surface area contributed by atoms with E-state index in [1.807, 2.05) is 11.8 Å². The van der Waals surface area contributed by atoms with Crippen molar-refractivity contribution in [3.63, 3.8) is 0 Å². The van der Waals surface area contributed by atoms with Crippen LogP contribution in [0.15, 0.2) is 4.99 Å². The fraction of sp³-hybridized carbons (Fsp3) is 0.923. The quantitative estimate of drug-likeness (QED) is 0.756. The monoisotopic (exact) mass is 236 g/mol. The molecule has 4 aliphatic rings. The van der Waals surface area contributed by atoms with Crippen LogP contribution in [-0.4, -0.2) is 22.5 Å². The van der Waals surface area contributed by atoms with Crippen molar-refractivity contribution in [2.45, 2.75) is 44.7 Å². The molecule has 0 spiro atoms. The van der Waals surface area contributed by atoms with E-state index in [4.69, 9.17) is 4.99 Å². The van der Waals surface area contributed by atoms with Gasteiger partial charge in [0.25, 0.3) is 0 Å². The van der Waals surface area contributed by atoms with Crippen LogP contribution in [0, 0.1) is 23.7 Å². The smallest absolute Gasteiger partial charge is 0.157 e. The summed E-state index contributed by atoms with van der Waals surface area (Å²) in [6.45, 7) is 4.53. The number of hydrogen-bond donors (Lipinski definition) is 1. The average molecular weight is 236 g/mol. The van der Waals surface area contributed by atoms with E-state index in [1.165, 1.54) is 30.2 Å². The molecule has 3 heteroatoms. The van der Waals surface area contributed by atoms with Crippen molar-refractivity contribution in [2.75, 3.05) is 5.75 Å². The maximum absolute atomic E-state index is 4.98. The van der Waals surface area contributed by atoms with Crippen LogP contribution in [0.5, 0.6) is 0 Å². The predicted molar refractivity (Wildman–Crippen MR) is 68.7 cm³/mol. The number of amidine groups is 1. The average Bonchev–Trinajstić information content (AvgIpc) is 2.63. The summed E-state index contributed by atoms with van der Waals surface area (Å²) in [6.07, 6.45) is 4.53. The Morgan fingerprint density at radius 2 is 1.94 bits per heavy atom. The first-order valence-electron chi connectivity index (χ1n) is 6.63. The third kappa shape index (κ3) is 1.30. The molecule has 1 heterocycles. The van der Waals surface area contributed by atoms with Gasteiger partial charge in [0.1, 0.15) is 0 Å². The topological polar surface area (TPSA) is 24.4 Å². The molecule has 4 fully saturated rings. The Morgan fingerprint density at radius 3 is 2.50 bits per heavy atom. The first-order valence-corrected chi connectivity index (χ1v) is 7.61. The number of hydrogen-bond acceptors (Lipinski definition) is 2. The van der Waals surface area contributed by atoms with Gasteiger partial charge >= 0.3 is 0 Å². The SMILES string of the molecule is CC1(C)CSC(=NC2C3C4CCC(C4)C23)N1. The Hall–Kier alpha value is -0.180. The number of aliphatic imine (C=N–C) groups is 1. The molecular weight excluding hydrogens is 216 g/mol. The highest BCUT2D eigenvalue weighted by molar-refractivity contribution is 8.14. The first kappa shape index (κ1) is 9.81. The first-order chi connectivity index (χ1) is 7.64. The van der Waals surface area contributed by atoms with Crippen LogP contribution in [0.25, 0.3) is 0 Å². The minimum absolute atomic E-state index is 0.256. The van der Waals surface area contributed by atoms with Crippen molar-refractivity contribution in [1.82, 2.24) is 5.32 Å². The van der Waals surface area contributed by atoms with E-state index < -0.39 is 0 Å². The zero-order chi connectivity index (χ0) is 10.9. The van der Waals surface area contributed by atoms with Gasteiger partial charge in [-0.15, -0.1) is 0 Å². The van der Waals surface area contributed by atoms with Gasteiger partial charge < -0.3 is 5.32 Å². The largest absolute Gasteiger partial charge is 0.359 e. The van der Waals surface area contributed by atoms with Crippen LogP contribution >= 0.6 is 11.8 Å². The molecule has 4 rings (SSSR count). The van der Waals surface area contributed by atoms with E-state index in [-0.39, 0.29) is 5.54 Å². The fourth-order valence-corrected chi connectivity index (χ4v) is 5.38. The summed E-state index contributed by atoms with van der Waals surface area (Å²) < 4.78 is 0. The second-order valence-electron chi connectivity index (χ2n) is 6.71. The van der Waals surface area contributed by atoms with Crippen molar-refractivity contribution < 1.29 is 0 Å². The summed E-state index contributed by atoms with van der Waals surface area (Å²) in [4.78, 5) is 4.98. The molecule has 0 amide bonds. The predicted octanol–water partition coefficient (Wildman–Crippen LogP) is 2.50.